The van der Waals surface area contributed by atoms with Crippen molar-refractivity contribution in [2.45, 2.75) is 6.92 Å². The smallest absolute Gasteiger partial charge is 0.354 e. The summed E-state index contributed by atoms with van der Waals surface area (Å²) in [7, 11) is 1.81. The van der Waals surface area contributed by atoms with E-state index in [0.717, 1.165) is 11.5 Å². The molecule has 4 nitrogen and oxygen atoms in total. The second-order valence-electron chi connectivity index (χ2n) is 3.36. The van der Waals surface area contributed by atoms with Gasteiger partial charge in [0, 0.05) is 7.05 Å². The van der Waals surface area contributed by atoms with Crippen LogP contribution in [-0.2, 0) is 11.8 Å². The van der Waals surface area contributed by atoms with Crippen molar-refractivity contribution in [1.82, 2.24) is 4.57 Å². The normalized spacial score (nSPS) is 10.4. The molecular formula is C12H13NO3. The van der Waals surface area contributed by atoms with Gasteiger partial charge in [-0.15, -0.1) is 0 Å². The Balaban J connectivity index is 2.35. The van der Waals surface area contributed by atoms with Crippen LogP contribution in [0.15, 0.2) is 34.9 Å². The first-order chi connectivity index (χ1) is 7.74. The summed E-state index contributed by atoms with van der Waals surface area (Å²) in [5.41, 5.74) is 1.38. The van der Waals surface area contributed by atoms with Crippen molar-refractivity contribution in [3.8, 4) is 11.5 Å². The molecule has 0 aliphatic carbocycles. The van der Waals surface area contributed by atoms with E-state index in [0.29, 0.717) is 12.3 Å². The lowest BCUT2D eigenvalue weighted by Crippen LogP contribution is -2.10. The standard InChI is InChI=1S/C12H13NO3/c1-3-15-12(14)10-7-6-9(13(10)2)11-5-4-8-16-11/h4-8H,3H2,1-2H3. The fourth-order valence-electron chi connectivity index (χ4n) is 1.59. The van der Waals surface area contributed by atoms with E-state index >= 15 is 0 Å². The summed E-state index contributed by atoms with van der Waals surface area (Å²) in [5.74, 6) is 0.417. The maximum Gasteiger partial charge on any atom is 0.354 e. The minimum absolute atomic E-state index is 0.317. The number of carbonyl (C=O) groups excluding carboxylic acids is 1. The summed E-state index contributed by atoms with van der Waals surface area (Å²) in [5, 5.41) is 0. The van der Waals surface area contributed by atoms with Gasteiger partial charge in [0.15, 0.2) is 0 Å². The molecule has 0 aromatic carbocycles. The lowest BCUT2D eigenvalue weighted by Gasteiger charge is -2.05. The highest BCUT2D eigenvalue weighted by Crippen LogP contribution is 2.22. The van der Waals surface area contributed by atoms with Crippen LogP contribution in [0.4, 0.5) is 0 Å². The number of hydrogen-bond donors (Lipinski definition) is 0. The summed E-state index contributed by atoms with van der Waals surface area (Å²) in [6.07, 6.45) is 1.60. The van der Waals surface area contributed by atoms with E-state index in [1.165, 1.54) is 0 Å². The molecule has 0 aliphatic rings. The molecule has 2 aromatic rings. The van der Waals surface area contributed by atoms with Gasteiger partial charge in [-0.2, -0.15) is 0 Å². The quantitative estimate of drug-likeness (QED) is 0.745. The largest absolute Gasteiger partial charge is 0.463 e. The second-order valence-corrected chi connectivity index (χ2v) is 3.36. The molecule has 0 bridgehead atoms. The molecule has 0 saturated carbocycles. The van der Waals surface area contributed by atoms with Gasteiger partial charge in [-0.1, -0.05) is 0 Å². The van der Waals surface area contributed by atoms with E-state index in [4.69, 9.17) is 9.15 Å². The molecule has 84 valence electrons. The van der Waals surface area contributed by atoms with Gasteiger partial charge in [0.05, 0.1) is 18.6 Å². The minimum atomic E-state index is -0.317. The Morgan fingerprint density at radius 1 is 1.44 bits per heavy atom. The molecule has 0 aliphatic heterocycles. The van der Waals surface area contributed by atoms with E-state index in [1.54, 1.807) is 23.8 Å². The highest BCUT2D eigenvalue weighted by atomic mass is 16.5. The molecular weight excluding hydrogens is 206 g/mol. The monoisotopic (exact) mass is 219 g/mol. The number of hydrogen-bond acceptors (Lipinski definition) is 3. The first kappa shape index (κ1) is 10.5. The molecule has 0 fully saturated rings. The third-order valence-electron chi connectivity index (χ3n) is 2.38. The van der Waals surface area contributed by atoms with Crippen LogP contribution in [-0.4, -0.2) is 17.1 Å². The van der Waals surface area contributed by atoms with Gasteiger partial charge in [-0.3, -0.25) is 0 Å². The van der Waals surface area contributed by atoms with Crippen LogP contribution in [0.3, 0.4) is 0 Å². The highest BCUT2D eigenvalue weighted by Gasteiger charge is 2.15. The number of ether oxygens (including phenoxy) is 1. The predicted molar refractivity (Wildman–Crippen MR) is 59.1 cm³/mol. The van der Waals surface area contributed by atoms with E-state index in [2.05, 4.69) is 0 Å². The predicted octanol–water partition coefficient (Wildman–Crippen LogP) is 2.46. The zero-order chi connectivity index (χ0) is 11.5. The lowest BCUT2D eigenvalue weighted by atomic mass is 10.3. The van der Waals surface area contributed by atoms with Gasteiger partial charge in [0.2, 0.25) is 0 Å². The number of esters is 1. The summed E-state index contributed by atoms with van der Waals surface area (Å²) >= 11 is 0. The number of carbonyl (C=O) groups is 1. The van der Waals surface area contributed by atoms with Gasteiger partial charge in [0.1, 0.15) is 11.5 Å². The second kappa shape index (κ2) is 4.26. The Morgan fingerprint density at radius 2 is 2.25 bits per heavy atom. The first-order valence-electron chi connectivity index (χ1n) is 5.10. The Hall–Kier alpha value is -1.97. The fourth-order valence-corrected chi connectivity index (χ4v) is 1.59. The molecule has 0 atom stereocenters. The van der Waals surface area contributed by atoms with E-state index in [-0.39, 0.29) is 5.97 Å². The Morgan fingerprint density at radius 3 is 2.88 bits per heavy atom. The Labute approximate surface area is 93.4 Å². The maximum absolute atomic E-state index is 11.6. The number of furan rings is 1. The van der Waals surface area contributed by atoms with Crippen LogP contribution in [0, 0.1) is 0 Å². The zero-order valence-corrected chi connectivity index (χ0v) is 9.27. The van der Waals surface area contributed by atoms with Gasteiger partial charge in [-0.25, -0.2) is 4.79 Å². The van der Waals surface area contributed by atoms with E-state index in [9.17, 15) is 4.79 Å². The summed E-state index contributed by atoms with van der Waals surface area (Å²) in [4.78, 5) is 11.6. The molecule has 0 spiro atoms. The minimum Gasteiger partial charge on any atom is -0.463 e. The van der Waals surface area contributed by atoms with Gasteiger partial charge in [-0.05, 0) is 31.2 Å². The molecule has 2 rings (SSSR count). The fraction of sp³-hybridized carbons (Fsp3) is 0.250. The average Bonchev–Trinajstić information content (AvgIpc) is 2.86. The molecule has 2 aromatic heterocycles. The molecule has 0 saturated heterocycles. The number of aromatic nitrogens is 1. The van der Waals surface area contributed by atoms with Crippen molar-refractivity contribution in [3.05, 3.63) is 36.2 Å². The van der Waals surface area contributed by atoms with Crippen molar-refractivity contribution in [2.24, 2.45) is 7.05 Å². The summed E-state index contributed by atoms with van der Waals surface area (Å²) in [6.45, 7) is 2.16. The van der Waals surface area contributed by atoms with Crippen LogP contribution in [0.1, 0.15) is 17.4 Å². The van der Waals surface area contributed by atoms with Crippen LogP contribution in [0.25, 0.3) is 11.5 Å². The van der Waals surface area contributed by atoms with Gasteiger partial charge in [0.25, 0.3) is 0 Å². The summed E-state index contributed by atoms with van der Waals surface area (Å²) in [6, 6.07) is 7.23. The molecule has 2 heterocycles. The molecule has 16 heavy (non-hydrogen) atoms. The molecule has 0 N–H and O–H groups in total. The molecule has 4 heteroatoms. The molecule has 0 unspecified atom stereocenters. The van der Waals surface area contributed by atoms with Gasteiger partial charge >= 0.3 is 5.97 Å². The number of nitrogens with zero attached hydrogens (tertiary/aromatic N) is 1. The van der Waals surface area contributed by atoms with Crippen molar-refractivity contribution in [3.63, 3.8) is 0 Å². The Bertz CT molecular complexity index is 482. The zero-order valence-electron chi connectivity index (χ0n) is 9.27. The van der Waals surface area contributed by atoms with Crippen molar-refractivity contribution >= 4 is 5.97 Å². The third-order valence-corrected chi connectivity index (χ3v) is 2.38. The van der Waals surface area contributed by atoms with Crippen molar-refractivity contribution < 1.29 is 13.9 Å². The first-order valence-corrected chi connectivity index (χ1v) is 5.10. The van der Waals surface area contributed by atoms with Crippen LogP contribution in [0.5, 0.6) is 0 Å². The van der Waals surface area contributed by atoms with Crippen LogP contribution < -0.4 is 0 Å². The van der Waals surface area contributed by atoms with E-state index in [1.807, 2.05) is 25.2 Å². The molecule has 0 amide bonds. The Kier molecular flexibility index (Phi) is 2.81. The van der Waals surface area contributed by atoms with Gasteiger partial charge < -0.3 is 13.7 Å². The third kappa shape index (κ3) is 1.74. The topological polar surface area (TPSA) is 44.4 Å². The summed E-state index contributed by atoms with van der Waals surface area (Å²) < 4.78 is 12.0. The SMILES string of the molecule is CCOC(=O)c1ccc(-c2ccco2)n1C. The maximum atomic E-state index is 11.6. The van der Waals surface area contributed by atoms with E-state index < -0.39 is 0 Å². The lowest BCUT2D eigenvalue weighted by molar-refractivity contribution is 0.0515. The van der Waals surface area contributed by atoms with Crippen LogP contribution in [0.2, 0.25) is 0 Å². The number of rotatable bonds is 3. The highest BCUT2D eigenvalue weighted by molar-refractivity contribution is 5.89. The average molecular weight is 219 g/mol. The molecule has 0 radical (unpaired) electrons. The van der Waals surface area contributed by atoms with Crippen LogP contribution >= 0.6 is 0 Å². The van der Waals surface area contributed by atoms with Crippen molar-refractivity contribution in [1.29, 1.82) is 0 Å². The van der Waals surface area contributed by atoms with Crippen molar-refractivity contribution in [2.75, 3.05) is 6.61 Å².